The molecule has 1 aromatic carbocycles. The fourth-order valence-electron chi connectivity index (χ4n) is 3.31. The molecule has 3 aromatic rings. The molecule has 2 aromatic heterocycles. The Morgan fingerprint density at radius 1 is 1.30 bits per heavy atom. The van der Waals surface area contributed by atoms with Gasteiger partial charge in [0.2, 0.25) is 11.1 Å². The largest absolute Gasteiger partial charge is 0.325 e. The number of amides is 1. The SMILES string of the molecule is CCSc1n[n+]2c(c(=O)[nH]1)-c1ccccc1N(C(=O)CC)[C@H]2c1cccs1. The van der Waals surface area contributed by atoms with E-state index in [9.17, 15) is 9.59 Å². The summed E-state index contributed by atoms with van der Waals surface area (Å²) in [5.41, 5.74) is 1.74. The highest BCUT2D eigenvalue weighted by Gasteiger charge is 2.45. The van der Waals surface area contributed by atoms with E-state index in [2.05, 4.69) is 4.98 Å². The third kappa shape index (κ3) is 2.98. The average molecular weight is 400 g/mol. The van der Waals surface area contributed by atoms with E-state index in [4.69, 9.17) is 5.10 Å². The lowest BCUT2D eigenvalue weighted by molar-refractivity contribution is -0.762. The normalized spacial score (nSPS) is 15.3. The monoisotopic (exact) mass is 399 g/mol. The van der Waals surface area contributed by atoms with Crippen LogP contribution in [0.3, 0.4) is 0 Å². The minimum Gasteiger partial charge on any atom is -0.291 e. The van der Waals surface area contributed by atoms with E-state index in [1.807, 2.05) is 55.6 Å². The molecule has 8 heteroatoms. The second-order valence-electron chi connectivity index (χ2n) is 6.01. The van der Waals surface area contributed by atoms with Crippen molar-refractivity contribution in [1.82, 2.24) is 10.1 Å². The summed E-state index contributed by atoms with van der Waals surface area (Å²) in [6, 6.07) is 11.4. The van der Waals surface area contributed by atoms with Crippen LogP contribution >= 0.6 is 23.1 Å². The summed E-state index contributed by atoms with van der Waals surface area (Å²) >= 11 is 3.02. The Kier molecular flexibility index (Phi) is 4.84. The van der Waals surface area contributed by atoms with Crippen molar-refractivity contribution in [1.29, 1.82) is 0 Å². The van der Waals surface area contributed by atoms with Crippen LogP contribution in [0.4, 0.5) is 5.69 Å². The molecule has 1 amide bonds. The number of anilines is 1. The molecule has 0 fully saturated rings. The first-order valence-electron chi connectivity index (χ1n) is 8.79. The van der Waals surface area contributed by atoms with Crippen LogP contribution in [0, 0.1) is 0 Å². The van der Waals surface area contributed by atoms with Crippen LogP contribution in [0.5, 0.6) is 0 Å². The van der Waals surface area contributed by atoms with Gasteiger partial charge in [-0.3, -0.25) is 14.6 Å². The van der Waals surface area contributed by atoms with Gasteiger partial charge in [0.1, 0.15) is 0 Å². The number of thiophene rings is 1. The number of carbonyl (C=O) groups excluding carboxylic acids is 1. The molecule has 0 saturated carbocycles. The number of H-pyrrole nitrogens is 1. The van der Waals surface area contributed by atoms with Gasteiger partial charge in [-0.1, -0.05) is 43.8 Å². The summed E-state index contributed by atoms with van der Waals surface area (Å²) in [6.45, 7) is 3.86. The van der Waals surface area contributed by atoms with Crippen LogP contribution in [-0.4, -0.2) is 21.7 Å². The van der Waals surface area contributed by atoms with E-state index in [0.29, 0.717) is 22.8 Å². The van der Waals surface area contributed by atoms with E-state index >= 15 is 0 Å². The smallest absolute Gasteiger partial charge is 0.291 e. The van der Waals surface area contributed by atoms with E-state index < -0.39 is 6.17 Å². The van der Waals surface area contributed by atoms with Gasteiger partial charge in [0.05, 0.1) is 16.1 Å². The van der Waals surface area contributed by atoms with E-state index in [1.54, 1.807) is 20.9 Å². The van der Waals surface area contributed by atoms with Gasteiger partial charge >= 0.3 is 17.4 Å². The molecular formula is C19H19N4O2S2+. The number of aromatic nitrogens is 3. The molecule has 1 atom stereocenters. The first kappa shape index (κ1) is 17.9. The number of nitrogens with zero attached hydrogens (tertiary/aromatic N) is 3. The molecule has 0 saturated heterocycles. The molecule has 1 aliphatic rings. The third-order valence-corrected chi connectivity index (χ3v) is 6.07. The van der Waals surface area contributed by atoms with Gasteiger partial charge in [-0.2, -0.15) is 0 Å². The fraction of sp³-hybridized carbons (Fsp3) is 0.263. The minimum atomic E-state index is -0.471. The van der Waals surface area contributed by atoms with Gasteiger partial charge in [-0.05, 0) is 34.0 Å². The molecular weight excluding hydrogens is 380 g/mol. The van der Waals surface area contributed by atoms with Crippen LogP contribution in [0.15, 0.2) is 51.7 Å². The second kappa shape index (κ2) is 7.28. The molecule has 0 unspecified atom stereocenters. The predicted molar refractivity (Wildman–Crippen MR) is 107 cm³/mol. The maximum absolute atomic E-state index is 13.0. The summed E-state index contributed by atoms with van der Waals surface area (Å²) in [6.07, 6.45) is -0.105. The van der Waals surface area contributed by atoms with Crippen LogP contribution in [0.1, 0.15) is 31.3 Å². The highest BCUT2D eigenvalue weighted by molar-refractivity contribution is 7.99. The maximum atomic E-state index is 13.0. The Balaban J connectivity index is 2.06. The molecule has 138 valence electrons. The van der Waals surface area contributed by atoms with E-state index in [0.717, 1.165) is 16.3 Å². The Morgan fingerprint density at radius 3 is 2.81 bits per heavy atom. The van der Waals surface area contributed by atoms with Crippen molar-refractivity contribution >= 4 is 34.7 Å². The van der Waals surface area contributed by atoms with Gasteiger partial charge in [0, 0.05) is 11.5 Å². The number of benzene rings is 1. The summed E-state index contributed by atoms with van der Waals surface area (Å²) in [7, 11) is 0. The van der Waals surface area contributed by atoms with Crippen molar-refractivity contribution in [3.63, 3.8) is 0 Å². The van der Waals surface area contributed by atoms with Gasteiger partial charge in [0.25, 0.3) is 0 Å². The molecule has 6 nitrogen and oxygen atoms in total. The Bertz CT molecular complexity index is 1050. The van der Waals surface area contributed by atoms with Gasteiger partial charge < -0.3 is 0 Å². The van der Waals surface area contributed by atoms with Crippen LogP contribution in [-0.2, 0) is 4.79 Å². The molecule has 27 heavy (non-hydrogen) atoms. The number of hydrogen-bond acceptors (Lipinski definition) is 5. The second-order valence-corrected chi connectivity index (χ2v) is 8.24. The Morgan fingerprint density at radius 2 is 2.11 bits per heavy atom. The van der Waals surface area contributed by atoms with Crippen LogP contribution in [0.2, 0.25) is 0 Å². The van der Waals surface area contributed by atoms with E-state index in [1.165, 1.54) is 11.8 Å². The molecule has 4 rings (SSSR count). The van der Waals surface area contributed by atoms with Crippen molar-refractivity contribution in [3.05, 3.63) is 57.0 Å². The highest BCUT2D eigenvalue weighted by Crippen LogP contribution is 2.38. The van der Waals surface area contributed by atoms with Crippen molar-refractivity contribution in [2.75, 3.05) is 10.7 Å². The van der Waals surface area contributed by atoms with Crippen molar-refractivity contribution in [2.45, 2.75) is 31.6 Å². The van der Waals surface area contributed by atoms with Crippen molar-refractivity contribution in [3.8, 4) is 11.3 Å². The van der Waals surface area contributed by atoms with E-state index in [-0.39, 0.29) is 11.5 Å². The Hall–Kier alpha value is -2.45. The lowest BCUT2D eigenvalue weighted by Crippen LogP contribution is -2.60. The number of hydrogen-bond donors (Lipinski definition) is 1. The minimum absolute atomic E-state index is 0.00854. The molecule has 1 N–H and O–H groups in total. The third-order valence-electron chi connectivity index (χ3n) is 4.41. The first-order chi connectivity index (χ1) is 13.2. The number of carbonyl (C=O) groups is 1. The molecule has 0 bridgehead atoms. The number of nitrogens with one attached hydrogen (secondary N) is 1. The number of aromatic amines is 1. The zero-order valence-electron chi connectivity index (χ0n) is 15.0. The number of thioether (sulfide) groups is 1. The average Bonchev–Trinajstić information content (AvgIpc) is 3.20. The van der Waals surface area contributed by atoms with Crippen LogP contribution in [0.25, 0.3) is 11.3 Å². The highest BCUT2D eigenvalue weighted by atomic mass is 32.2. The van der Waals surface area contributed by atoms with Crippen LogP contribution < -0.4 is 15.1 Å². The summed E-state index contributed by atoms with van der Waals surface area (Å²) < 4.78 is 1.71. The predicted octanol–water partition coefficient (Wildman–Crippen LogP) is 3.20. The molecule has 0 radical (unpaired) electrons. The molecule has 0 spiro atoms. The lowest BCUT2D eigenvalue weighted by atomic mass is 10.0. The summed E-state index contributed by atoms with van der Waals surface area (Å²) in [4.78, 5) is 31.5. The quantitative estimate of drug-likeness (QED) is 0.540. The molecule has 1 aliphatic heterocycles. The fourth-order valence-corrected chi connectivity index (χ4v) is 4.69. The topological polar surface area (TPSA) is 69.9 Å². The van der Waals surface area contributed by atoms with Gasteiger partial charge in [0.15, 0.2) is 0 Å². The Labute approximate surface area is 164 Å². The first-order valence-corrected chi connectivity index (χ1v) is 10.7. The zero-order chi connectivity index (χ0) is 19.0. The zero-order valence-corrected chi connectivity index (χ0v) is 16.6. The van der Waals surface area contributed by atoms with Gasteiger partial charge in [-0.25, -0.2) is 4.90 Å². The number of para-hydroxylation sites is 1. The maximum Gasteiger partial charge on any atom is 0.325 e. The standard InChI is InChI=1S/C19H18N4O2S2/c1-3-15(24)22-13-9-6-5-8-12(13)16-17(25)20-19(26-4-2)21-23(16)18(22)14-10-7-11-27-14/h5-11,18H,3-4H2,1-2H3/p+1/t18-/m1/s1. The molecule has 0 aliphatic carbocycles. The number of fused-ring (bicyclic) bond motifs is 3. The number of rotatable bonds is 4. The lowest BCUT2D eigenvalue weighted by Gasteiger charge is -2.31. The van der Waals surface area contributed by atoms with Crippen molar-refractivity contribution in [2.24, 2.45) is 0 Å². The summed E-state index contributed by atoms with van der Waals surface area (Å²) in [5.74, 6) is 0.783. The van der Waals surface area contributed by atoms with Gasteiger partial charge in [-0.15, -0.1) is 11.3 Å². The summed E-state index contributed by atoms with van der Waals surface area (Å²) in [5, 5.41) is 7.23. The van der Waals surface area contributed by atoms with Crippen molar-refractivity contribution < 1.29 is 9.48 Å². The molecule has 3 heterocycles.